The predicted octanol–water partition coefficient (Wildman–Crippen LogP) is 1.53. The van der Waals surface area contributed by atoms with Crippen molar-refractivity contribution < 1.29 is 22.7 Å². The minimum absolute atomic E-state index is 0.0241. The number of hydrogen-bond acceptors (Lipinski definition) is 5. The number of carbonyl (C=O) groups is 2. The maximum atomic E-state index is 13.2. The van der Waals surface area contributed by atoms with Crippen LogP contribution in [0.1, 0.15) is 18.4 Å². The van der Waals surface area contributed by atoms with Gasteiger partial charge in [-0.1, -0.05) is 30.3 Å². The van der Waals surface area contributed by atoms with Gasteiger partial charge in [-0.25, -0.2) is 8.42 Å². The Morgan fingerprint density at radius 1 is 1.20 bits per heavy atom. The van der Waals surface area contributed by atoms with Gasteiger partial charge in [0, 0.05) is 13.1 Å². The van der Waals surface area contributed by atoms with Crippen molar-refractivity contribution in [3.05, 3.63) is 54.1 Å². The van der Waals surface area contributed by atoms with E-state index in [9.17, 15) is 18.0 Å². The van der Waals surface area contributed by atoms with E-state index in [-0.39, 0.29) is 29.9 Å². The summed E-state index contributed by atoms with van der Waals surface area (Å²) in [4.78, 5) is 24.3. The van der Waals surface area contributed by atoms with Gasteiger partial charge in [-0.3, -0.25) is 9.59 Å². The van der Waals surface area contributed by atoms with E-state index in [1.54, 1.807) is 0 Å². The number of amides is 2. The monoisotopic (exact) mass is 429 g/mol. The first-order chi connectivity index (χ1) is 14.4. The van der Waals surface area contributed by atoms with Crippen molar-refractivity contribution in [3.63, 3.8) is 0 Å². The maximum absolute atomic E-state index is 13.2. The number of fused-ring (bicyclic) bond motifs is 1. The molecule has 1 saturated heterocycles. The van der Waals surface area contributed by atoms with Crippen LogP contribution in [0.4, 0.5) is 5.69 Å². The highest BCUT2D eigenvalue weighted by molar-refractivity contribution is 7.89. The van der Waals surface area contributed by atoms with Crippen molar-refractivity contribution in [2.24, 2.45) is 0 Å². The molecule has 0 bridgehead atoms. The molecule has 1 atom stereocenters. The van der Waals surface area contributed by atoms with Crippen LogP contribution in [0.5, 0.6) is 5.75 Å². The molecule has 8 nitrogen and oxygen atoms in total. The first kappa shape index (κ1) is 20.4. The van der Waals surface area contributed by atoms with Gasteiger partial charge in [-0.2, -0.15) is 4.31 Å². The summed E-state index contributed by atoms with van der Waals surface area (Å²) in [6.45, 7) is 0.616. The zero-order valence-electron chi connectivity index (χ0n) is 16.3. The molecule has 0 aromatic heterocycles. The number of hydrogen-bond donors (Lipinski definition) is 2. The van der Waals surface area contributed by atoms with E-state index in [2.05, 4.69) is 10.6 Å². The summed E-state index contributed by atoms with van der Waals surface area (Å²) in [5.41, 5.74) is 1.42. The molecule has 2 N–H and O–H groups in total. The molecule has 2 aromatic rings. The highest BCUT2D eigenvalue weighted by Gasteiger charge is 2.39. The molecule has 158 valence electrons. The molecule has 0 aliphatic carbocycles. The Morgan fingerprint density at radius 2 is 2.00 bits per heavy atom. The van der Waals surface area contributed by atoms with Gasteiger partial charge >= 0.3 is 0 Å². The second-order valence-electron chi connectivity index (χ2n) is 7.30. The van der Waals surface area contributed by atoms with E-state index >= 15 is 0 Å². The highest BCUT2D eigenvalue weighted by atomic mass is 32.2. The van der Waals surface area contributed by atoms with Crippen LogP contribution < -0.4 is 15.4 Å². The zero-order valence-corrected chi connectivity index (χ0v) is 17.2. The number of anilines is 1. The number of rotatable bonds is 6. The Kier molecular flexibility index (Phi) is 5.74. The molecule has 0 saturated carbocycles. The molecular weight excluding hydrogens is 406 g/mol. The van der Waals surface area contributed by atoms with Crippen molar-refractivity contribution >= 4 is 27.5 Å². The van der Waals surface area contributed by atoms with E-state index in [0.717, 1.165) is 5.56 Å². The molecule has 4 rings (SSSR count). The van der Waals surface area contributed by atoms with Gasteiger partial charge in [0.1, 0.15) is 11.8 Å². The smallest absolute Gasteiger partial charge is 0.262 e. The number of benzene rings is 2. The summed E-state index contributed by atoms with van der Waals surface area (Å²) in [6.07, 6.45) is 1.76. The molecular formula is C21H23N3O5S. The molecule has 2 heterocycles. The summed E-state index contributed by atoms with van der Waals surface area (Å²) in [5, 5.41) is 5.47. The van der Waals surface area contributed by atoms with Gasteiger partial charge in [0.25, 0.3) is 5.91 Å². The average molecular weight is 429 g/mol. The summed E-state index contributed by atoms with van der Waals surface area (Å²) >= 11 is 0. The number of nitrogens with zero attached hydrogens (tertiary/aromatic N) is 1. The zero-order chi connectivity index (χ0) is 21.1. The van der Waals surface area contributed by atoms with Crippen LogP contribution >= 0.6 is 0 Å². The molecule has 9 heteroatoms. The summed E-state index contributed by atoms with van der Waals surface area (Å²) < 4.78 is 32.9. The van der Waals surface area contributed by atoms with Gasteiger partial charge in [0.05, 0.1) is 10.6 Å². The predicted molar refractivity (Wildman–Crippen MR) is 111 cm³/mol. The Bertz CT molecular complexity index is 1060. The van der Waals surface area contributed by atoms with E-state index in [1.165, 1.54) is 22.5 Å². The average Bonchev–Trinajstić information content (AvgIpc) is 3.25. The fourth-order valence-corrected chi connectivity index (χ4v) is 5.42. The Hall–Kier alpha value is -2.91. The third-order valence-corrected chi connectivity index (χ3v) is 7.16. The molecule has 2 aliphatic heterocycles. The largest absolute Gasteiger partial charge is 0.482 e. The number of sulfonamides is 1. The van der Waals surface area contributed by atoms with E-state index < -0.39 is 16.1 Å². The lowest BCUT2D eigenvalue weighted by Crippen LogP contribution is -2.46. The van der Waals surface area contributed by atoms with Crippen LogP contribution in [0, 0.1) is 0 Å². The lowest BCUT2D eigenvalue weighted by Gasteiger charge is -2.24. The fourth-order valence-electron chi connectivity index (χ4n) is 3.74. The van der Waals surface area contributed by atoms with Gasteiger partial charge in [-0.15, -0.1) is 0 Å². The van der Waals surface area contributed by atoms with Crippen LogP contribution in [-0.4, -0.2) is 50.3 Å². The molecule has 0 radical (unpaired) electrons. The minimum atomic E-state index is -3.90. The standard InChI is InChI=1S/C21H23N3O5S/c25-20-14-29-19-9-8-16(13-17(19)23-20)30(27,28)24-12-4-7-18(24)21(26)22-11-10-15-5-2-1-3-6-15/h1-3,5-6,8-9,13,18H,4,7,10-12,14H2,(H,22,26)(H,23,25)/t18-/m0/s1. The van der Waals surface area contributed by atoms with Gasteiger partial charge in [0.15, 0.2) is 6.61 Å². The van der Waals surface area contributed by atoms with Crippen LogP contribution in [0.3, 0.4) is 0 Å². The van der Waals surface area contributed by atoms with Crippen molar-refractivity contribution in [1.29, 1.82) is 0 Å². The van der Waals surface area contributed by atoms with Crippen LogP contribution in [0.2, 0.25) is 0 Å². The maximum Gasteiger partial charge on any atom is 0.262 e. The SMILES string of the molecule is O=C1COc2ccc(S(=O)(=O)N3CCC[C@H]3C(=O)NCCc3ccccc3)cc2N1. The molecule has 1 fully saturated rings. The lowest BCUT2D eigenvalue weighted by molar-refractivity contribution is -0.124. The van der Waals surface area contributed by atoms with Gasteiger partial charge in [-0.05, 0) is 43.0 Å². The second-order valence-corrected chi connectivity index (χ2v) is 9.19. The molecule has 0 unspecified atom stereocenters. The topological polar surface area (TPSA) is 105 Å². The van der Waals surface area contributed by atoms with E-state index in [0.29, 0.717) is 37.2 Å². The molecule has 30 heavy (non-hydrogen) atoms. The van der Waals surface area contributed by atoms with E-state index in [4.69, 9.17) is 4.74 Å². The van der Waals surface area contributed by atoms with Crippen LogP contribution in [-0.2, 0) is 26.0 Å². The minimum Gasteiger partial charge on any atom is -0.482 e. The number of ether oxygens (including phenoxy) is 1. The summed E-state index contributed by atoms with van der Waals surface area (Å²) in [6, 6.07) is 13.4. The lowest BCUT2D eigenvalue weighted by atomic mass is 10.1. The highest BCUT2D eigenvalue weighted by Crippen LogP contribution is 2.33. The van der Waals surface area contributed by atoms with Crippen LogP contribution in [0.15, 0.2) is 53.4 Å². The van der Waals surface area contributed by atoms with Gasteiger partial charge in [0.2, 0.25) is 15.9 Å². The molecule has 2 amide bonds. The van der Waals surface area contributed by atoms with Crippen molar-refractivity contribution in [3.8, 4) is 5.75 Å². The second kappa shape index (κ2) is 8.45. The van der Waals surface area contributed by atoms with Crippen molar-refractivity contribution in [2.45, 2.75) is 30.2 Å². The Morgan fingerprint density at radius 3 is 2.80 bits per heavy atom. The molecule has 0 spiro atoms. The quantitative estimate of drug-likeness (QED) is 0.725. The third kappa shape index (κ3) is 4.17. The first-order valence-corrected chi connectivity index (χ1v) is 11.3. The Balaban J connectivity index is 1.46. The first-order valence-electron chi connectivity index (χ1n) is 9.85. The van der Waals surface area contributed by atoms with Crippen molar-refractivity contribution in [2.75, 3.05) is 25.0 Å². The van der Waals surface area contributed by atoms with Crippen LogP contribution in [0.25, 0.3) is 0 Å². The Labute approximate surface area is 175 Å². The fraction of sp³-hybridized carbons (Fsp3) is 0.333. The molecule has 2 aromatic carbocycles. The number of carbonyl (C=O) groups excluding carboxylic acids is 2. The van der Waals surface area contributed by atoms with Crippen molar-refractivity contribution in [1.82, 2.24) is 9.62 Å². The normalized spacial score (nSPS) is 18.9. The van der Waals surface area contributed by atoms with E-state index in [1.807, 2.05) is 30.3 Å². The number of nitrogens with one attached hydrogen (secondary N) is 2. The molecule has 2 aliphatic rings. The summed E-state index contributed by atoms with van der Waals surface area (Å²) in [5.74, 6) is -0.208. The van der Waals surface area contributed by atoms with Gasteiger partial charge < -0.3 is 15.4 Å². The third-order valence-electron chi connectivity index (χ3n) is 5.25. The summed E-state index contributed by atoms with van der Waals surface area (Å²) in [7, 11) is -3.90.